The predicted octanol–water partition coefficient (Wildman–Crippen LogP) is 4.66. The van der Waals surface area contributed by atoms with Crippen molar-refractivity contribution in [2.24, 2.45) is 0 Å². The highest BCUT2D eigenvalue weighted by Gasteiger charge is 2.17. The Bertz CT molecular complexity index is 409. The molecule has 1 unspecified atom stereocenters. The number of hydrogen-bond acceptors (Lipinski definition) is 2. The number of nitrogens with one attached hydrogen (secondary N) is 1. The van der Waals surface area contributed by atoms with E-state index in [2.05, 4.69) is 77.7 Å². The summed E-state index contributed by atoms with van der Waals surface area (Å²) in [7, 11) is 0. The van der Waals surface area contributed by atoms with E-state index in [9.17, 15) is 0 Å². The molecule has 0 aliphatic carbocycles. The fourth-order valence-electron chi connectivity index (χ4n) is 2.61. The first-order valence-electron chi connectivity index (χ1n) is 7.67. The summed E-state index contributed by atoms with van der Waals surface area (Å²) in [5, 5.41) is 3.65. The molecule has 1 nitrogen and oxygen atoms in total. The van der Waals surface area contributed by atoms with E-state index in [-0.39, 0.29) is 0 Å². The van der Waals surface area contributed by atoms with Crippen LogP contribution >= 0.6 is 11.8 Å². The Balaban J connectivity index is 2.80. The molecule has 0 radical (unpaired) electrons. The standard InChI is InChI=1S/C18H31NS/c1-8-19-16(12-20-18(5,6)7)11-17-14(3)9-13(2)10-15(17)4/h9-10,16,19H,8,11-12H2,1-7H3. The molecule has 0 spiro atoms. The van der Waals surface area contributed by atoms with Gasteiger partial charge in [-0.3, -0.25) is 0 Å². The van der Waals surface area contributed by atoms with Gasteiger partial charge in [-0.1, -0.05) is 45.4 Å². The van der Waals surface area contributed by atoms with Crippen LogP contribution in [0.5, 0.6) is 0 Å². The van der Waals surface area contributed by atoms with Gasteiger partial charge in [0.15, 0.2) is 0 Å². The quantitative estimate of drug-likeness (QED) is 0.818. The highest BCUT2D eigenvalue weighted by atomic mass is 32.2. The van der Waals surface area contributed by atoms with E-state index in [4.69, 9.17) is 0 Å². The normalized spacial score (nSPS) is 13.6. The highest BCUT2D eigenvalue weighted by molar-refractivity contribution is 8.00. The summed E-state index contributed by atoms with van der Waals surface area (Å²) >= 11 is 2.05. The predicted molar refractivity (Wildman–Crippen MR) is 94.0 cm³/mol. The van der Waals surface area contributed by atoms with Crippen molar-refractivity contribution in [1.82, 2.24) is 5.32 Å². The van der Waals surface area contributed by atoms with Crippen LogP contribution in [0.1, 0.15) is 49.9 Å². The van der Waals surface area contributed by atoms with Gasteiger partial charge < -0.3 is 5.32 Å². The summed E-state index contributed by atoms with van der Waals surface area (Å²) in [6, 6.07) is 5.18. The van der Waals surface area contributed by atoms with Crippen molar-refractivity contribution in [3.05, 3.63) is 34.4 Å². The first-order valence-corrected chi connectivity index (χ1v) is 8.65. The van der Waals surface area contributed by atoms with Gasteiger partial charge in [-0.25, -0.2) is 0 Å². The van der Waals surface area contributed by atoms with Crippen molar-refractivity contribution in [3.8, 4) is 0 Å². The Morgan fingerprint density at radius 2 is 1.65 bits per heavy atom. The van der Waals surface area contributed by atoms with Crippen LogP contribution in [0.4, 0.5) is 0 Å². The summed E-state index contributed by atoms with van der Waals surface area (Å²) < 4.78 is 0.338. The second-order valence-corrected chi connectivity index (χ2v) is 8.61. The monoisotopic (exact) mass is 293 g/mol. The number of rotatable bonds is 6. The molecule has 1 rings (SSSR count). The van der Waals surface area contributed by atoms with Crippen LogP contribution < -0.4 is 5.32 Å². The zero-order chi connectivity index (χ0) is 15.3. The van der Waals surface area contributed by atoms with Gasteiger partial charge in [0.25, 0.3) is 0 Å². The molecule has 1 atom stereocenters. The Labute approximate surface area is 129 Å². The number of hydrogen-bond donors (Lipinski definition) is 1. The summed E-state index contributed by atoms with van der Waals surface area (Å²) in [5.74, 6) is 1.17. The molecular formula is C18H31NS. The van der Waals surface area contributed by atoms with Crippen LogP contribution in [0.2, 0.25) is 0 Å². The smallest absolute Gasteiger partial charge is 0.0198 e. The molecule has 0 aromatic heterocycles. The van der Waals surface area contributed by atoms with Gasteiger partial charge in [-0.2, -0.15) is 11.8 Å². The van der Waals surface area contributed by atoms with Gasteiger partial charge in [0, 0.05) is 16.5 Å². The van der Waals surface area contributed by atoms with Crippen LogP contribution in [0, 0.1) is 20.8 Å². The number of thioether (sulfide) groups is 1. The minimum atomic E-state index is 0.338. The van der Waals surface area contributed by atoms with Crippen LogP contribution in [-0.4, -0.2) is 23.1 Å². The van der Waals surface area contributed by atoms with Crippen molar-refractivity contribution < 1.29 is 0 Å². The van der Waals surface area contributed by atoms with E-state index < -0.39 is 0 Å². The number of likely N-dealkylation sites (N-methyl/N-ethyl adjacent to an activating group) is 1. The van der Waals surface area contributed by atoms with Crippen molar-refractivity contribution in [2.75, 3.05) is 12.3 Å². The average molecular weight is 294 g/mol. The molecule has 0 heterocycles. The molecule has 0 bridgehead atoms. The lowest BCUT2D eigenvalue weighted by Crippen LogP contribution is -2.35. The Hall–Kier alpha value is -0.470. The molecular weight excluding hydrogens is 262 g/mol. The second kappa shape index (κ2) is 7.51. The third-order valence-electron chi connectivity index (χ3n) is 3.50. The van der Waals surface area contributed by atoms with Crippen LogP contribution in [-0.2, 0) is 6.42 Å². The average Bonchev–Trinajstić information content (AvgIpc) is 2.29. The molecule has 0 aliphatic rings. The van der Waals surface area contributed by atoms with E-state index in [0.717, 1.165) is 13.0 Å². The first-order chi connectivity index (χ1) is 9.23. The largest absolute Gasteiger partial charge is 0.313 e. The summed E-state index contributed by atoms with van der Waals surface area (Å²) in [4.78, 5) is 0. The fourth-order valence-corrected chi connectivity index (χ4v) is 3.54. The summed E-state index contributed by atoms with van der Waals surface area (Å²) in [6.45, 7) is 16.8. The van der Waals surface area contributed by atoms with Crippen molar-refractivity contribution in [3.63, 3.8) is 0 Å². The molecule has 1 aromatic carbocycles. The van der Waals surface area contributed by atoms with E-state index in [1.807, 2.05) is 0 Å². The van der Waals surface area contributed by atoms with Gasteiger partial charge in [0.2, 0.25) is 0 Å². The van der Waals surface area contributed by atoms with Gasteiger partial charge >= 0.3 is 0 Å². The summed E-state index contributed by atoms with van der Waals surface area (Å²) in [5.41, 5.74) is 5.76. The molecule has 20 heavy (non-hydrogen) atoms. The molecule has 0 saturated carbocycles. The van der Waals surface area contributed by atoms with Crippen molar-refractivity contribution in [1.29, 1.82) is 0 Å². The lowest BCUT2D eigenvalue weighted by Gasteiger charge is -2.25. The zero-order valence-electron chi connectivity index (χ0n) is 14.3. The maximum Gasteiger partial charge on any atom is 0.0198 e. The van der Waals surface area contributed by atoms with Crippen LogP contribution in [0.25, 0.3) is 0 Å². The van der Waals surface area contributed by atoms with E-state index in [1.165, 1.54) is 28.0 Å². The van der Waals surface area contributed by atoms with Gasteiger partial charge in [0.1, 0.15) is 0 Å². The minimum absolute atomic E-state index is 0.338. The second-order valence-electron chi connectivity index (χ2n) is 6.76. The molecule has 1 N–H and O–H groups in total. The van der Waals surface area contributed by atoms with Crippen LogP contribution in [0.15, 0.2) is 12.1 Å². The topological polar surface area (TPSA) is 12.0 Å². The lowest BCUT2D eigenvalue weighted by molar-refractivity contribution is 0.568. The Kier molecular flexibility index (Phi) is 6.60. The maximum atomic E-state index is 3.65. The number of benzene rings is 1. The van der Waals surface area contributed by atoms with Crippen LogP contribution in [0.3, 0.4) is 0 Å². The molecule has 0 aliphatic heterocycles. The van der Waals surface area contributed by atoms with Crippen molar-refractivity contribution in [2.45, 2.75) is 65.7 Å². The third-order valence-corrected chi connectivity index (χ3v) is 4.94. The summed E-state index contributed by atoms with van der Waals surface area (Å²) in [6.07, 6.45) is 1.13. The van der Waals surface area contributed by atoms with Gasteiger partial charge in [-0.15, -0.1) is 0 Å². The Morgan fingerprint density at radius 1 is 1.10 bits per heavy atom. The highest BCUT2D eigenvalue weighted by Crippen LogP contribution is 2.25. The van der Waals surface area contributed by atoms with E-state index >= 15 is 0 Å². The van der Waals surface area contributed by atoms with E-state index in [1.54, 1.807) is 0 Å². The SMILES string of the molecule is CCNC(CSC(C)(C)C)Cc1c(C)cc(C)cc1C. The Morgan fingerprint density at radius 3 is 2.10 bits per heavy atom. The molecule has 1 aromatic rings. The van der Waals surface area contributed by atoms with Gasteiger partial charge in [0.05, 0.1) is 0 Å². The lowest BCUT2D eigenvalue weighted by atomic mass is 9.95. The number of aryl methyl sites for hydroxylation is 3. The molecule has 0 saturated heterocycles. The molecule has 2 heteroatoms. The van der Waals surface area contributed by atoms with E-state index in [0.29, 0.717) is 10.8 Å². The molecule has 0 fully saturated rings. The third kappa shape index (κ3) is 5.88. The fraction of sp³-hybridized carbons (Fsp3) is 0.667. The van der Waals surface area contributed by atoms with Crippen molar-refractivity contribution >= 4 is 11.8 Å². The zero-order valence-corrected chi connectivity index (χ0v) is 15.1. The first kappa shape index (κ1) is 17.6. The maximum absolute atomic E-state index is 3.65. The molecule has 114 valence electrons. The van der Waals surface area contributed by atoms with Gasteiger partial charge in [-0.05, 0) is 50.4 Å². The molecule has 0 amide bonds. The minimum Gasteiger partial charge on any atom is -0.313 e.